The van der Waals surface area contributed by atoms with Gasteiger partial charge in [0.05, 0.1) is 27.0 Å². The first kappa shape index (κ1) is 28.9. The van der Waals surface area contributed by atoms with E-state index in [-0.39, 0.29) is 31.9 Å². The summed E-state index contributed by atoms with van der Waals surface area (Å²) in [6, 6.07) is 17.0. The minimum absolute atomic E-state index is 0.0233. The van der Waals surface area contributed by atoms with Crippen molar-refractivity contribution in [1.29, 1.82) is 0 Å². The Hall–Kier alpha value is -3.14. The number of carbonyl (C=O) groups excluding carboxylic acids is 1. The van der Waals surface area contributed by atoms with Gasteiger partial charge in [-0.25, -0.2) is 18.3 Å². The van der Waals surface area contributed by atoms with Gasteiger partial charge < -0.3 is 14.6 Å². The zero-order valence-corrected chi connectivity index (χ0v) is 23.7. The molecule has 0 bridgehead atoms. The number of benzene rings is 2. The van der Waals surface area contributed by atoms with Crippen LogP contribution in [0.4, 0.5) is 4.39 Å². The Morgan fingerprint density at radius 1 is 1.15 bits per heavy atom. The molecule has 0 saturated carbocycles. The molecule has 1 aliphatic rings. The third kappa shape index (κ3) is 6.72. The maximum atomic E-state index is 13.7. The number of fused-ring (bicyclic) bond motifs is 1. The van der Waals surface area contributed by atoms with Gasteiger partial charge in [0.2, 0.25) is 0 Å². The van der Waals surface area contributed by atoms with Crippen LogP contribution in [0.5, 0.6) is 5.75 Å². The van der Waals surface area contributed by atoms with Crippen molar-refractivity contribution in [3.8, 4) is 17.0 Å². The molecule has 1 aromatic heterocycles. The fourth-order valence-corrected chi connectivity index (χ4v) is 5.07. The second-order valence-corrected chi connectivity index (χ2v) is 13.2. The van der Waals surface area contributed by atoms with E-state index in [0.29, 0.717) is 28.3 Å². The van der Waals surface area contributed by atoms with E-state index >= 15 is 0 Å². The van der Waals surface area contributed by atoms with Crippen LogP contribution >= 0.6 is 0 Å². The molecule has 3 atom stereocenters. The number of pyridine rings is 1. The third-order valence-electron chi connectivity index (χ3n) is 6.67. The topological polar surface area (TPSA) is 97.8 Å². The number of hydrogen-bond donors (Lipinski definition) is 2. The van der Waals surface area contributed by atoms with Crippen LogP contribution in [0.25, 0.3) is 11.3 Å². The lowest BCUT2D eigenvalue weighted by Gasteiger charge is -2.30. The molecule has 0 aliphatic carbocycles. The van der Waals surface area contributed by atoms with E-state index in [2.05, 4.69) is 4.72 Å². The number of aliphatic hydroxyl groups is 1. The van der Waals surface area contributed by atoms with Gasteiger partial charge in [-0.05, 0) is 76.9 Å². The second kappa shape index (κ2) is 11.2. The van der Waals surface area contributed by atoms with E-state index in [0.717, 1.165) is 5.56 Å². The van der Waals surface area contributed by atoms with E-state index in [9.17, 15) is 18.5 Å². The predicted molar refractivity (Wildman–Crippen MR) is 149 cm³/mol. The van der Waals surface area contributed by atoms with Crippen molar-refractivity contribution in [2.24, 2.45) is 0 Å². The third-order valence-corrected chi connectivity index (χ3v) is 8.42. The summed E-state index contributed by atoms with van der Waals surface area (Å²) >= 11 is 0. The lowest BCUT2D eigenvalue weighted by Crippen LogP contribution is -2.47. The van der Waals surface area contributed by atoms with E-state index in [1.54, 1.807) is 25.1 Å². The van der Waals surface area contributed by atoms with Crippen molar-refractivity contribution in [3.63, 3.8) is 0 Å². The maximum absolute atomic E-state index is 13.7. The van der Waals surface area contributed by atoms with Crippen LogP contribution in [0.2, 0.25) is 0 Å². The molecule has 0 saturated heterocycles. The molecule has 1 unspecified atom stereocenters. The zero-order chi connectivity index (χ0) is 28.4. The Balaban J connectivity index is 1.64. The molecule has 0 radical (unpaired) electrons. The van der Waals surface area contributed by atoms with E-state index in [1.165, 1.54) is 12.1 Å². The van der Waals surface area contributed by atoms with Crippen molar-refractivity contribution < 1.29 is 28.0 Å². The van der Waals surface area contributed by atoms with Gasteiger partial charge in [-0.1, -0.05) is 30.3 Å². The molecule has 9 heteroatoms. The predicted octanol–water partition coefficient (Wildman–Crippen LogP) is 5.28. The van der Waals surface area contributed by atoms with Crippen LogP contribution in [0.1, 0.15) is 64.3 Å². The normalized spacial score (nSPS) is 19.1. The lowest BCUT2D eigenvalue weighted by molar-refractivity contribution is -0.146. The number of nitrogens with one attached hydrogen (secondary N) is 1. The SMILES string of the molecule is CC(C)(C)S(=O)N[C@]1(C)COc2c1cc([C@](C)(O)CCC(=O)OCc1ccccc1)nc2-c1ccc(F)cc1. The average molecular weight is 555 g/mol. The number of carbonyl (C=O) groups is 1. The summed E-state index contributed by atoms with van der Waals surface area (Å²) in [5.41, 5.74) is 0.566. The quantitative estimate of drug-likeness (QED) is 0.350. The molecule has 2 N–H and O–H groups in total. The van der Waals surface area contributed by atoms with Crippen LogP contribution in [0, 0.1) is 5.82 Å². The smallest absolute Gasteiger partial charge is 0.306 e. The van der Waals surface area contributed by atoms with Crippen LogP contribution < -0.4 is 9.46 Å². The molecule has 1 aliphatic heterocycles. The first-order chi connectivity index (χ1) is 18.3. The van der Waals surface area contributed by atoms with Crippen molar-refractivity contribution in [1.82, 2.24) is 9.71 Å². The number of ether oxygens (including phenoxy) is 2. The number of esters is 1. The van der Waals surface area contributed by atoms with Crippen LogP contribution in [-0.4, -0.2) is 31.6 Å². The van der Waals surface area contributed by atoms with Crippen molar-refractivity contribution >= 4 is 17.0 Å². The van der Waals surface area contributed by atoms with Gasteiger partial charge in [0.1, 0.15) is 30.3 Å². The summed E-state index contributed by atoms with van der Waals surface area (Å²) in [5, 5.41) is 11.5. The van der Waals surface area contributed by atoms with Gasteiger partial charge in [0.15, 0.2) is 5.75 Å². The van der Waals surface area contributed by atoms with Crippen LogP contribution in [-0.2, 0) is 38.3 Å². The van der Waals surface area contributed by atoms with Crippen LogP contribution in [0.3, 0.4) is 0 Å². The Morgan fingerprint density at radius 3 is 2.46 bits per heavy atom. The summed E-state index contributed by atoms with van der Waals surface area (Å²) < 4.78 is 40.9. The fraction of sp³-hybridized carbons (Fsp3) is 0.400. The monoisotopic (exact) mass is 554 g/mol. The molecule has 2 aromatic carbocycles. The van der Waals surface area contributed by atoms with Crippen molar-refractivity contribution in [2.75, 3.05) is 6.61 Å². The lowest BCUT2D eigenvalue weighted by atomic mass is 9.88. The molecular weight excluding hydrogens is 519 g/mol. The van der Waals surface area contributed by atoms with Crippen molar-refractivity contribution in [2.45, 2.75) is 70.0 Å². The molecule has 2 heterocycles. The van der Waals surface area contributed by atoms with Gasteiger partial charge in [0.25, 0.3) is 0 Å². The van der Waals surface area contributed by atoms with Gasteiger partial charge in [-0.2, -0.15) is 0 Å². The molecule has 4 rings (SSSR count). The first-order valence-electron chi connectivity index (χ1n) is 12.8. The minimum atomic E-state index is -1.50. The molecule has 3 aromatic rings. The summed E-state index contributed by atoms with van der Waals surface area (Å²) in [4.78, 5) is 17.2. The average Bonchev–Trinajstić information content (AvgIpc) is 3.22. The molecule has 0 fully saturated rings. The summed E-state index contributed by atoms with van der Waals surface area (Å²) in [5.74, 6) is -0.348. The van der Waals surface area contributed by atoms with Gasteiger partial charge in [-0.3, -0.25) is 4.79 Å². The van der Waals surface area contributed by atoms with E-state index in [4.69, 9.17) is 14.5 Å². The maximum Gasteiger partial charge on any atom is 0.306 e. The van der Waals surface area contributed by atoms with Crippen LogP contribution in [0.15, 0.2) is 60.7 Å². The zero-order valence-electron chi connectivity index (χ0n) is 22.9. The molecule has 39 heavy (non-hydrogen) atoms. The highest BCUT2D eigenvalue weighted by Gasteiger charge is 2.43. The number of halogens is 1. The standard InChI is InChI=1S/C30H35FN2O5S/c1-28(2,3)39(36)33-29(4)19-38-27-23(29)17-24(32-26(27)21-11-13-22(31)14-12-21)30(5,35)16-15-25(34)37-18-20-9-7-6-8-10-20/h6-14,17,33,35H,15-16,18-19H2,1-5H3/t29-,30-,39?/m1/s1. The van der Waals surface area contributed by atoms with Gasteiger partial charge in [0, 0.05) is 17.5 Å². The number of aromatic nitrogens is 1. The highest BCUT2D eigenvalue weighted by Crippen LogP contribution is 2.45. The summed E-state index contributed by atoms with van der Waals surface area (Å²) in [6.07, 6.45) is 0.0404. The second-order valence-electron chi connectivity index (χ2n) is 11.3. The highest BCUT2D eigenvalue weighted by atomic mass is 32.2. The number of rotatable bonds is 9. The fourth-order valence-electron chi connectivity index (χ4n) is 4.19. The minimum Gasteiger partial charge on any atom is -0.489 e. The van der Waals surface area contributed by atoms with E-state index < -0.39 is 32.8 Å². The molecule has 7 nitrogen and oxygen atoms in total. The number of hydrogen-bond acceptors (Lipinski definition) is 6. The Morgan fingerprint density at radius 2 is 1.82 bits per heavy atom. The van der Waals surface area contributed by atoms with Crippen molar-refractivity contribution in [3.05, 3.63) is 83.3 Å². The molecule has 0 spiro atoms. The Bertz CT molecular complexity index is 1360. The largest absolute Gasteiger partial charge is 0.489 e. The van der Waals surface area contributed by atoms with E-state index in [1.807, 2.05) is 58.0 Å². The van der Waals surface area contributed by atoms with Gasteiger partial charge in [-0.15, -0.1) is 0 Å². The molecule has 0 amide bonds. The summed E-state index contributed by atoms with van der Waals surface area (Å²) in [6.45, 7) is 9.45. The highest BCUT2D eigenvalue weighted by molar-refractivity contribution is 7.84. The molecule has 208 valence electrons. The Kier molecular flexibility index (Phi) is 8.25. The Labute approximate surface area is 231 Å². The van der Waals surface area contributed by atoms with Gasteiger partial charge >= 0.3 is 5.97 Å². The molecular formula is C30H35FN2O5S. The number of nitrogens with zero attached hydrogens (tertiary/aromatic N) is 1. The summed E-state index contributed by atoms with van der Waals surface area (Å²) in [7, 11) is -1.41. The first-order valence-corrected chi connectivity index (χ1v) is 14.0.